The molecule has 1 aliphatic carbocycles. The van der Waals surface area contributed by atoms with Crippen molar-refractivity contribution in [2.75, 3.05) is 5.75 Å². The zero-order valence-electron chi connectivity index (χ0n) is 12.5. The maximum Gasteiger partial charge on any atom is 0.210 e. The lowest BCUT2D eigenvalue weighted by molar-refractivity contribution is 0.102. The number of carbonyl (C=O) groups is 1. The third kappa shape index (κ3) is 3.00. The smallest absolute Gasteiger partial charge is 0.210 e. The molecule has 1 aromatic heterocycles. The van der Waals surface area contributed by atoms with Gasteiger partial charge in [-0.3, -0.25) is 4.79 Å². The fraction of sp³-hybridized carbons (Fsp3) is 0.467. The van der Waals surface area contributed by atoms with Gasteiger partial charge in [0, 0.05) is 5.56 Å². The Morgan fingerprint density at radius 2 is 1.95 bits per heavy atom. The van der Waals surface area contributed by atoms with Crippen LogP contribution in [0.15, 0.2) is 17.3 Å². The van der Waals surface area contributed by atoms with Crippen LogP contribution in [0.2, 0.25) is 0 Å². The van der Waals surface area contributed by atoms with Crippen LogP contribution in [-0.4, -0.2) is 31.7 Å². The number of benzene rings is 1. The van der Waals surface area contributed by atoms with Crippen LogP contribution in [0, 0.1) is 20.8 Å². The second kappa shape index (κ2) is 5.60. The number of carbonyl (C=O) groups excluding carboxylic acids is 1. The average molecular weight is 302 g/mol. The van der Waals surface area contributed by atoms with Gasteiger partial charge in [0.05, 0.1) is 11.8 Å². The van der Waals surface area contributed by atoms with Gasteiger partial charge in [-0.2, -0.15) is 0 Å². The molecule has 0 N–H and O–H groups in total. The predicted molar refractivity (Wildman–Crippen MR) is 81.8 cm³/mol. The third-order valence-corrected chi connectivity index (χ3v) is 4.76. The van der Waals surface area contributed by atoms with Gasteiger partial charge in [0.1, 0.15) is 0 Å². The molecule has 2 aromatic rings. The molecule has 5 nitrogen and oxygen atoms in total. The fourth-order valence-corrected chi connectivity index (χ4v) is 3.13. The van der Waals surface area contributed by atoms with Crippen LogP contribution in [0.3, 0.4) is 0 Å². The fourth-order valence-electron chi connectivity index (χ4n) is 2.30. The molecule has 0 radical (unpaired) electrons. The Kier molecular flexibility index (Phi) is 3.80. The SMILES string of the molecule is Cc1cc(C)c(C(=O)CSc2nnnn2C2CC2)cc1C. The summed E-state index contributed by atoms with van der Waals surface area (Å²) >= 11 is 1.42. The van der Waals surface area contributed by atoms with Crippen LogP contribution in [-0.2, 0) is 0 Å². The minimum absolute atomic E-state index is 0.131. The quantitative estimate of drug-likeness (QED) is 0.628. The highest BCUT2D eigenvalue weighted by atomic mass is 32.2. The van der Waals surface area contributed by atoms with Gasteiger partial charge in [0.15, 0.2) is 5.78 Å². The Balaban J connectivity index is 1.72. The molecule has 0 amide bonds. The van der Waals surface area contributed by atoms with Gasteiger partial charge in [-0.05, 0) is 66.8 Å². The summed E-state index contributed by atoms with van der Waals surface area (Å²) in [6, 6.07) is 4.49. The van der Waals surface area contributed by atoms with E-state index in [0.717, 1.165) is 34.7 Å². The molecule has 1 aromatic carbocycles. The largest absolute Gasteiger partial charge is 0.293 e. The summed E-state index contributed by atoms with van der Waals surface area (Å²) < 4.78 is 1.84. The summed E-state index contributed by atoms with van der Waals surface area (Å²) in [5.74, 6) is 0.502. The Labute approximate surface area is 128 Å². The molecule has 0 bridgehead atoms. The van der Waals surface area contributed by atoms with E-state index >= 15 is 0 Å². The highest BCUT2D eigenvalue weighted by Gasteiger charge is 2.28. The van der Waals surface area contributed by atoms with Crippen molar-refractivity contribution in [3.63, 3.8) is 0 Å². The van der Waals surface area contributed by atoms with E-state index in [2.05, 4.69) is 28.5 Å². The zero-order chi connectivity index (χ0) is 15.0. The van der Waals surface area contributed by atoms with E-state index < -0.39 is 0 Å². The van der Waals surface area contributed by atoms with Crippen molar-refractivity contribution >= 4 is 17.5 Å². The minimum atomic E-state index is 0.131. The van der Waals surface area contributed by atoms with Crippen molar-refractivity contribution in [3.8, 4) is 0 Å². The molecule has 0 saturated heterocycles. The normalized spacial score (nSPS) is 14.4. The van der Waals surface area contributed by atoms with Crippen LogP contribution in [0.4, 0.5) is 0 Å². The lowest BCUT2D eigenvalue weighted by atomic mass is 9.99. The first kappa shape index (κ1) is 14.3. The Morgan fingerprint density at radius 1 is 1.24 bits per heavy atom. The number of aryl methyl sites for hydroxylation is 3. The molecule has 0 aliphatic heterocycles. The van der Waals surface area contributed by atoms with E-state index in [4.69, 9.17) is 0 Å². The molecule has 6 heteroatoms. The van der Waals surface area contributed by atoms with Crippen LogP contribution in [0.5, 0.6) is 0 Å². The minimum Gasteiger partial charge on any atom is -0.293 e. The van der Waals surface area contributed by atoms with Crippen LogP contribution >= 0.6 is 11.8 Å². The Hall–Kier alpha value is -1.69. The topological polar surface area (TPSA) is 60.7 Å². The lowest BCUT2D eigenvalue weighted by Crippen LogP contribution is -2.07. The number of hydrogen-bond donors (Lipinski definition) is 0. The van der Waals surface area contributed by atoms with E-state index in [1.807, 2.05) is 24.6 Å². The molecule has 1 saturated carbocycles. The number of tetrazole rings is 1. The molecule has 110 valence electrons. The van der Waals surface area contributed by atoms with Crippen molar-refractivity contribution < 1.29 is 4.79 Å². The molecule has 1 aliphatic rings. The van der Waals surface area contributed by atoms with Crippen LogP contribution in [0.25, 0.3) is 0 Å². The summed E-state index contributed by atoms with van der Waals surface area (Å²) in [4.78, 5) is 12.4. The number of thioether (sulfide) groups is 1. The first-order chi connectivity index (χ1) is 10.1. The van der Waals surface area contributed by atoms with E-state index in [1.165, 1.54) is 17.3 Å². The molecule has 1 heterocycles. The number of Topliss-reactive ketones (excluding diaryl/α,β-unsaturated/α-hetero) is 1. The van der Waals surface area contributed by atoms with Crippen LogP contribution < -0.4 is 0 Å². The molecule has 0 atom stereocenters. The number of rotatable bonds is 5. The summed E-state index contributed by atoms with van der Waals surface area (Å²) in [6.07, 6.45) is 2.26. The summed E-state index contributed by atoms with van der Waals surface area (Å²) in [7, 11) is 0. The monoisotopic (exact) mass is 302 g/mol. The number of hydrogen-bond acceptors (Lipinski definition) is 5. The number of nitrogens with zero attached hydrogens (tertiary/aromatic N) is 4. The van der Waals surface area contributed by atoms with Gasteiger partial charge in [-0.1, -0.05) is 17.8 Å². The van der Waals surface area contributed by atoms with Crippen molar-refractivity contribution in [3.05, 3.63) is 34.4 Å². The molecule has 0 spiro atoms. The van der Waals surface area contributed by atoms with Gasteiger partial charge >= 0.3 is 0 Å². The van der Waals surface area contributed by atoms with Crippen molar-refractivity contribution in [2.45, 2.75) is 44.8 Å². The predicted octanol–water partition coefficient (Wildman–Crippen LogP) is 2.91. The summed E-state index contributed by atoms with van der Waals surface area (Å²) in [5.41, 5.74) is 4.20. The van der Waals surface area contributed by atoms with Gasteiger partial charge in [0.2, 0.25) is 5.16 Å². The maximum atomic E-state index is 12.4. The molecule has 21 heavy (non-hydrogen) atoms. The third-order valence-electron chi connectivity index (χ3n) is 3.83. The number of aromatic nitrogens is 4. The summed E-state index contributed by atoms with van der Waals surface area (Å²) in [6.45, 7) is 6.08. The van der Waals surface area contributed by atoms with E-state index in [-0.39, 0.29) is 5.78 Å². The van der Waals surface area contributed by atoms with Crippen LogP contribution in [0.1, 0.15) is 45.9 Å². The highest BCUT2D eigenvalue weighted by molar-refractivity contribution is 7.99. The first-order valence-electron chi connectivity index (χ1n) is 7.08. The van der Waals surface area contributed by atoms with Gasteiger partial charge in [-0.15, -0.1) is 5.10 Å². The Morgan fingerprint density at radius 3 is 2.67 bits per heavy atom. The molecule has 3 rings (SSSR count). The first-order valence-corrected chi connectivity index (χ1v) is 8.06. The zero-order valence-corrected chi connectivity index (χ0v) is 13.3. The molecular formula is C15H18N4OS. The molecule has 1 fully saturated rings. The highest BCUT2D eigenvalue weighted by Crippen LogP contribution is 2.36. The maximum absolute atomic E-state index is 12.4. The van der Waals surface area contributed by atoms with Gasteiger partial charge < -0.3 is 0 Å². The van der Waals surface area contributed by atoms with Crippen molar-refractivity contribution in [1.29, 1.82) is 0 Å². The second-order valence-electron chi connectivity index (χ2n) is 5.60. The standard InChI is InChI=1S/C15H18N4OS/c1-9-6-11(3)13(7-10(9)2)14(20)8-21-15-16-17-18-19(15)12-4-5-12/h6-7,12H,4-5,8H2,1-3H3. The Bertz CT molecular complexity index is 691. The van der Waals surface area contributed by atoms with Gasteiger partial charge in [-0.25, -0.2) is 4.68 Å². The average Bonchev–Trinajstić information content (AvgIpc) is 3.19. The molecular weight excluding hydrogens is 284 g/mol. The van der Waals surface area contributed by atoms with Gasteiger partial charge in [0.25, 0.3) is 0 Å². The summed E-state index contributed by atoms with van der Waals surface area (Å²) in [5, 5.41) is 12.5. The van der Waals surface area contributed by atoms with E-state index in [1.54, 1.807) is 0 Å². The molecule has 0 unspecified atom stereocenters. The number of ketones is 1. The van der Waals surface area contributed by atoms with Crippen molar-refractivity contribution in [1.82, 2.24) is 20.2 Å². The second-order valence-corrected chi connectivity index (χ2v) is 6.54. The van der Waals surface area contributed by atoms with Crippen molar-refractivity contribution in [2.24, 2.45) is 0 Å². The lowest BCUT2D eigenvalue weighted by Gasteiger charge is -2.08. The van der Waals surface area contributed by atoms with E-state index in [0.29, 0.717) is 11.8 Å². The van der Waals surface area contributed by atoms with E-state index in [9.17, 15) is 4.79 Å².